The van der Waals surface area contributed by atoms with Crippen molar-refractivity contribution in [1.82, 2.24) is 4.98 Å². The van der Waals surface area contributed by atoms with Crippen molar-refractivity contribution in [1.29, 1.82) is 0 Å². The van der Waals surface area contributed by atoms with Gasteiger partial charge >= 0.3 is 5.97 Å². The van der Waals surface area contributed by atoms with E-state index in [0.29, 0.717) is 12.0 Å². The van der Waals surface area contributed by atoms with Crippen molar-refractivity contribution >= 4 is 27.1 Å². The second kappa shape index (κ2) is 5.95. The number of carbonyl (C=O) groups is 1. The van der Waals surface area contributed by atoms with Crippen LogP contribution in [0.3, 0.4) is 0 Å². The molecule has 1 N–H and O–H groups in total. The van der Waals surface area contributed by atoms with E-state index in [0.717, 1.165) is 10.6 Å². The molecule has 0 saturated heterocycles. The van der Waals surface area contributed by atoms with E-state index in [-0.39, 0.29) is 16.2 Å². The maximum atomic E-state index is 12.4. The first-order valence-electron chi connectivity index (χ1n) is 6.27. The normalized spacial score (nSPS) is 11.5. The highest BCUT2D eigenvalue weighted by atomic mass is 32.2. The molecule has 1 aromatic heterocycles. The largest absolute Gasteiger partial charge is 0.478 e. The van der Waals surface area contributed by atoms with Gasteiger partial charge in [-0.05, 0) is 38.0 Å². The first kappa shape index (κ1) is 15.7. The van der Waals surface area contributed by atoms with E-state index in [1.807, 2.05) is 6.92 Å². The van der Waals surface area contributed by atoms with Gasteiger partial charge in [-0.1, -0.05) is 6.07 Å². The smallest absolute Gasteiger partial charge is 0.335 e. The summed E-state index contributed by atoms with van der Waals surface area (Å²) in [6.07, 6.45) is 0.384. The fraction of sp³-hybridized carbons (Fsp3) is 0.286. The van der Waals surface area contributed by atoms with Crippen LogP contribution < -0.4 is 0 Å². The number of rotatable bonds is 5. The summed E-state index contributed by atoms with van der Waals surface area (Å²) in [5.41, 5.74) is 3.06. The Kier molecular flexibility index (Phi) is 4.43. The molecule has 21 heavy (non-hydrogen) atoms. The van der Waals surface area contributed by atoms with Gasteiger partial charge in [0.2, 0.25) is 0 Å². The molecular weight excluding hydrogens is 310 g/mol. The number of sulfone groups is 1. The first-order chi connectivity index (χ1) is 9.81. The van der Waals surface area contributed by atoms with Crippen LogP contribution in [0.2, 0.25) is 0 Å². The van der Waals surface area contributed by atoms with Crippen molar-refractivity contribution in [3.8, 4) is 0 Å². The fourth-order valence-corrected chi connectivity index (χ4v) is 4.44. The molecule has 0 aliphatic heterocycles. The molecule has 1 aromatic carbocycles. The lowest BCUT2D eigenvalue weighted by Gasteiger charge is -2.08. The highest BCUT2D eigenvalue weighted by Crippen LogP contribution is 2.21. The first-order valence-corrected chi connectivity index (χ1v) is 8.80. The second-order valence-electron chi connectivity index (χ2n) is 4.72. The number of carboxylic acids is 1. The van der Waals surface area contributed by atoms with Crippen LogP contribution >= 0.6 is 11.3 Å². The summed E-state index contributed by atoms with van der Waals surface area (Å²) in [6.45, 7) is 3.51. The minimum absolute atomic E-state index is 0.0202. The van der Waals surface area contributed by atoms with Crippen molar-refractivity contribution in [2.24, 2.45) is 0 Å². The molecule has 0 bridgehead atoms. The Hall–Kier alpha value is -1.73. The summed E-state index contributed by atoms with van der Waals surface area (Å²) in [5, 5.41) is 8.98. The van der Waals surface area contributed by atoms with Crippen LogP contribution in [0.15, 0.2) is 28.6 Å². The van der Waals surface area contributed by atoms with Gasteiger partial charge < -0.3 is 5.11 Å². The lowest BCUT2D eigenvalue weighted by molar-refractivity contribution is 0.0696. The van der Waals surface area contributed by atoms with Gasteiger partial charge in [0.15, 0.2) is 9.84 Å². The molecule has 2 rings (SSSR count). The van der Waals surface area contributed by atoms with Crippen LogP contribution in [0, 0.1) is 13.8 Å². The molecule has 5 nitrogen and oxygen atoms in total. The molecule has 0 aliphatic rings. The van der Waals surface area contributed by atoms with Crippen LogP contribution in [0.25, 0.3) is 0 Å². The summed E-state index contributed by atoms with van der Waals surface area (Å²) in [5.74, 6) is -1.19. The van der Waals surface area contributed by atoms with E-state index in [4.69, 9.17) is 5.11 Å². The lowest BCUT2D eigenvalue weighted by Crippen LogP contribution is -2.12. The van der Waals surface area contributed by atoms with Crippen molar-refractivity contribution in [2.45, 2.75) is 25.2 Å². The van der Waals surface area contributed by atoms with E-state index in [1.165, 1.54) is 29.5 Å². The number of benzene rings is 1. The number of nitrogens with zero attached hydrogens (tertiary/aromatic N) is 1. The van der Waals surface area contributed by atoms with Gasteiger partial charge in [-0.3, -0.25) is 0 Å². The monoisotopic (exact) mass is 325 g/mol. The third-order valence-corrected chi connectivity index (χ3v) is 6.06. The molecule has 0 spiro atoms. The average molecular weight is 325 g/mol. The van der Waals surface area contributed by atoms with Gasteiger partial charge in [-0.25, -0.2) is 18.2 Å². The molecule has 0 fully saturated rings. The molecule has 0 aliphatic carbocycles. The highest BCUT2D eigenvalue weighted by Gasteiger charge is 2.20. The Morgan fingerprint density at radius 3 is 2.62 bits per heavy atom. The topological polar surface area (TPSA) is 84.3 Å². The number of carboxylic acid groups (broad SMARTS) is 1. The van der Waals surface area contributed by atoms with Crippen molar-refractivity contribution in [3.05, 3.63) is 45.4 Å². The van der Waals surface area contributed by atoms with E-state index in [2.05, 4.69) is 4.98 Å². The third-order valence-electron chi connectivity index (χ3n) is 3.21. The van der Waals surface area contributed by atoms with Gasteiger partial charge in [-0.2, -0.15) is 0 Å². The average Bonchev–Trinajstić information content (AvgIpc) is 2.82. The minimum Gasteiger partial charge on any atom is -0.478 e. The molecule has 0 unspecified atom stereocenters. The van der Waals surface area contributed by atoms with Gasteiger partial charge in [0, 0.05) is 4.88 Å². The lowest BCUT2D eigenvalue weighted by atomic mass is 10.1. The standard InChI is InChI=1S/C14H15NO4S2/c1-9-3-4-11(14(16)17)7-13(9)21(18,19)6-5-12-10(2)15-8-20-12/h3-4,7-8H,5-6H2,1-2H3,(H,16,17). The van der Waals surface area contributed by atoms with Crippen molar-refractivity contribution in [3.63, 3.8) is 0 Å². The van der Waals surface area contributed by atoms with Crippen molar-refractivity contribution in [2.75, 3.05) is 5.75 Å². The van der Waals surface area contributed by atoms with Gasteiger partial charge in [0.1, 0.15) is 0 Å². The molecular formula is C14H15NO4S2. The van der Waals surface area contributed by atoms with E-state index in [1.54, 1.807) is 12.4 Å². The Morgan fingerprint density at radius 1 is 1.33 bits per heavy atom. The molecule has 0 saturated carbocycles. The number of aromatic nitrogens is 1. The summed E-state index contributed by atoms with van der Waals surface area (Å²) in [6, 6.07) is 4.16. The quantitative estimate of drug-likeness (QED) is 0.913. The van der Waals surface area contributed by atoms with Crippen LogP contribution in [0.4, 0.5) is 0 Å². The van der Waals surface area contributed by atoms with Crippen LogP contribution in [-0.4, -0.2) is 30.2 Å². The van der Waals surface area contributed by atoms with Crippen LogP contribution in [0.1, 0.15) is 26.5 Å². The molecule has 0 atom stereocenters. The summed E-state index contributed by atoms with van der Waals surface area (Å²) in [4.78, 5) is 16.1. The Bertz CT molecular complexity index is 778. The number of aromatic carboxylic acids is 1. The second-order valence-corrected chi connectivity index (χ2v) is 7.73. The maximum absolute atomic E-state index is 12.4. The van der Waals surface area contributed by atoms with E-state index >= 15 is 0 Å². The fourth-order valence-electron chi connectivity index (χ4n) is 1.97. The molecule has 7 heteroatoms. The minimum atomic E-state index is -3.52. The zero-order valence-corrected chi connectivity index (χ0v) is 13.3. The summed E-state index contributed by atoms with van der Waals surface area (Å²) in [7, 11) is -3.52. The maximum Gasteiger partial charge on any atom is 0.335 e. The zero-order valence-electron chi connectivity index (χ0n) is 11.7. The molecule has 2 aromatic rings. The zero-order chi connectivity index (χ0) is 15.6. The number of hydrogen-bond donors (Lipinski definition) is 1. The number of aryl methyl sites for hydroxylation is 3. The predicted octanol–water partition coefficient (Wildman–Crippen LogP) is 2.47. The van der Waals surface area contributed by atoms with Crippen LogP contribution in [0.5, 0.6) is 0 Å². The van der Waals surface area contributed by atoms with Gasteiger partial charge in [0.25, 0.3) is 0 Å². The Balaban J connectivity index is 2.29. The van der Waals surface area contributed by atoms with E-state index < -0.39 is 15.8 Å². The third kappa shape index (κ3) is 3.48. The Morgan fingerprint density at radius 2 is 2.05 bits per heavy atom. The van der Waals surface area contributed by atoms with E-state index in [9.17, 15) is 13.2 Å². The Labute approximate surface area is 127 Å². The number of hydrogen-bond acceptors (Lipinski definition) is 5. The molecule has 0 radical (unpaired) electrons. The summed E-state index contributed by atoms with van der Waals surface area (Å²) < 4.78 is 24.9. The molecule has 0 amide bonds. The van der Waals surface area contributed by atoms with Crippen molar-refractivity contribution < 1.29 is 18.3 Å². The molecule has 1 heterocycles. The SMILES string of the molecule is Cc1ccc(C(=O)O)cc1S(=O)(=O)CCc1scnc1C. The van der Waals surface area contributed by atoms with Gasteiger partial charge in [-0.15, -0.1) is 11.3 Å². The van der Waals surface area contributed by atoms with Gasteiger partial charge in [0.05, 0.1) is 27.4 Å². The summed E-state index contributed by atoms with van der Waals surface area (Å²) >= 11 is 1.43. The number of thiazole rings is 1. The molecule has 112 valence electrons. The predicted molar refractivity (Wildman–Crippen MR) is 80.7 cm³/mol. The van der Waals surface area contributed by atoms with Crippen LogP contribution in [-0.2, 0) is 16.3 Å². The highest BCUT2D eigenvalue weighted by molar-refractivity contribution is 7.91.